The Morgan fingerprint density at radius 3 is 2.67 bits per heavy atom. The van der Waals surface area contributed by atoms with Crippen LogP contribution in [0.1, 0.15) is 22.5 Å². The molecule has 1 heterocycles. The minimum Gasteiger partial charge on any atom is -0.485 e. The quantitative estimate of drug-likeness (QED) is 0.330. The molecule has 174 valence electrons. The summed E-state index contributed by atoms with van der Waals surface area (Å²) in [5, 5.41) is 11.0. The molecule has 1 amide bonds. The molecule has 33 heavy (non-hydrogen) atoms. The van der Waals surface area contributed by atoms with Crippen molar-refractivity contribution >= 4 is 23.4 Å². The third kappa shape index (κ3) is 6.16. The Kier molecular flexibility index (Phi) is 7.80. The summed E-state index contributed by atoms with van der Waals surface area (Å²) in [6.07, 6.45) is -2.90. The van der Waals surface area contributed by atoms with Gasteiger partial charge in [0.2, 0.25) is 5.91 Å². The lowest BCUT2D eigenvalue weighted by Crippen LogP contribution is -2.18. The van der Waals surface area contributed by atoms with Crippen molar-refractivity contribution in [3.8, 4) is 5.75 Å². The monoisotopic (exact) mass is 476 g/mol. The van der Waals surface area contributed by atoms with Crippen LogP contribution in [0.3, 0.4) is 0 Å². The number of nitrogens with zero attached hydrogens (tertiary/aromatic N) is 3. The molecule has 1 N–H and O–H groups in total. The number of halogens is 3. The third-order valence-corrected chi connectivity index (χ3v) is 5.82. The molecule has 0 aliphatic rings. The minimum absolute atomic E-state index is 0.140. The molecule has 0 aliphatic carbocycles. The van der Waals surface area contributed by atoms with Gasteiger partial charge >= 0.3 is 6.18 Å². The summed E-state index contributed by atoms with van der Waals surface area (Å²) in [6.45, 7) is 8.25. The van der Waals surface area contributed by atoms with Gasteiger partial charge in [0.15, 0.2) is 11.0 Å². The van der Waals surface area contributed by atoms with Crippen molar-refractivity contribution in [1.29, 1.82) is 0 Å². The van der Waals surface area contributed by atoms with E-state index in [1.807, 2.05) is 32.0 Å². The summed E-state index contributed by atoms with van der Waals surface area (Å²) in [4.78, 5) is 12.3. The molecule has 0 saturated carbocycles. The number of thioether (sulfide) groups is 1. The first-order chi connectivity index (χ1) is 15.7. The number of hydrogen-bond donors (Lipinski definition) is 1. The van der Waals surface area contributed by atoms with Crippen LogP contribution in [0, 0.1) is 13.8 Å². The predicted octanol–water partition coefficient (Wildman–Crippen LogP) is 5.41. The van der Waals surface area contributed by atoms with Crippen molar-refractivity contribution < 1.29 is 22.7 Å². The summed E-state index contributed by atoms with van der Waals surface area (Å²) < 4.78 is 47.0. The summed E-state index contributed by atoms with van der Waals surface area (Å²) in [6, 6.07) is 10.6. The summed E-state index contributed by atoms with van der Waals surface area (Å²) >= 11 is 1.07. The van der Waals surface area contributed by atoms with E-state index in [0.29, 0.717) is 17.5 Å². The highest BCUT2D eigenvalue weighted by atomic mass is 32.2. The maximum atomic E-state index is 13.1. The van der Waals surface area contributed by atoms with Crippen LogP contribution >= 0.6 is 11.8 Å². The fraction of sp³-hybridized carbons (Fsp3) is 0.261. The minimum atomic E-state index is -4.56. The van der Waals surface area contributed by atoms with E-state index in [1.165, 1.54) is 18.2 Å². The molecule has 0 saturated heterocycles. The van der Waals surface area contributed by atoms with Crippen LogP contribution in [0.4, 0.5) is 18.9 Å². The Balaban J connectivity index is 1.67. The van der Waals surface area contributed by atoms with Gasteiger partial charge in [-0.1, -0.05) is 42.1 Å². The molecule has 3 aromatic rings. The van der Waals surface area contributed by atoms with E-state index in [9.17, 15) is 18.0 Å². The lowest BCUT2D eigenvalue weighted by Gasteiger charge is -2.13. The van der Waals surface area contributed by atoms with E-state index in [1.54, 1.807) is 10.6 Å². The Hall–Kier alpha value is -3.27. The number of carbonyl (C=O) groups is 1. The summed E-state index contributed by atoms with van der Waals surface area (Å²) in [5.41, 5.74) is 0.946. The molecule has 0 fully saturated rings. The van der Waals surface area contributed by atoms with Crippen LogP contribution in [0.2, 0.25) is 0 Å². The number of benzene rings is 2. The van der Waals surface area contributed by atoms with Gasteiger partial charge in [-0.3, -0.25) is 9.36 Å². The second-order valence-corrected chi connectivity index (χ2v) is 8.11. The van der Waals surface area contributed by atoms with Gasteiger partial charge in [-0.25, -0.2) is 0 Å². The van der Waals surface area contributed by atoms with Gasteiger partial charge in [0.05, 0.1) is 17.0 Å². The molecule has 0 aliphatic heterocycles. The van der Waals surface area contributed by atoms with Crippen molar-refractivity contribution in [1.82, 2.24) is 14.8 Å². The zero-order chi connectivity index (χ0) is 24.0. The third-order valence-electron chi connectivity index (χ3n) is 4.86. The van der Waals surface area contributed by atoms with Gasteiger partial charge in [0.1, 0.15) is 12.4 Å². The maximum absolute atomic E-state index is 13.1. The van der Waals surface area contributed by atoms with Crippen molar-refractivity contribution in [2.75, 3.05) is 11.1 Å². The zero-order valence-corrected chi connectivity index (χ0v) is 19.0. The largest absolute Gasteiger partial charge is 0.485 e. The van der Waals surface area contributed by atoms with Crippen molar-refractivity contribution in [3.63, 3.8) is 0 Å². The molecular formula is C23H23F3N4O2S. The Labute approximate surface area is 193 Å². The highest BCUT2D eigenvalue weighted by Gasteiger charge is 2.33. The highest BCUT2D eigenvalue weighted by Crippen LogP contribution is 2.34. The van der Waals surface area contributed by atoms with Crippen LogP contribution in [0.25, 0.3) is 0 Å². The first-order valence-electron chi connectivity index (χ1n) is 10.0. The first-order valence-corrected chi connectivity index (χ1v) is 11.0. The molecule has 0 bridgehead atoms. The maximum Gasteiger partial charge on any atom is 0.418 e. The molecule has 0 atom stereocenters. The average molecular weight is 477 g/mol. The van der Waals surface area contributed by atoms with Gasteiger partial charge in [0, 0.05) is 6.54 Å². The Morgan fingerprint density at radius 2 is 1.94 bits per heavy atom. The molecular weight excluding hydrogens is 453 g/mol. The fourth-order valence-electron chi connectivity index (χ4n) is 3.02. The van der Waals surface area contributed by atoms with Gasteiger partial charge in [-0.05, 0) is 43.2 Å². The number of alkyl halides is 3. The van der Waals surface area contributed by atoms with Crippen molar-refractivity contribution in [3.05, 3.63) is 77.6 Å². The molecule has 0 spiro atoms. The summed E-state index contributed by atoms with van der Waals surface area (Å²) in [7, 11) is 0. The number of aryl methyl sites for hydroxylation is 1. The standard InChI is InChI=1S/C23H23F3N4O2S/c1-4-12-30-20(13-32-19-11-7-8-15(2)16(19)3)28-29-22(30)33-14-21(31)27-18-10-6-5-9-17(18)23(24,25)26/h4-11H,1,12-14H2,2-3H3,(H,27,31). The Bertz CT molecular complexity index is 1140. The lowest BCUT2D eigenvalue weighted by atomic mass is 10.1. The normalized spacial score (nSPS) is 11.3. The molecule has 6 nitrogen and oxygen atoms in total. The number of rotatable bonds is 9. The van der Waals surface area contributed by atoms with Gasteiger partial charge in [-0.2, -0.15) is 13.2 Å². The summed E-state index contributed by atoms with van der Waals surface area (Å²) in [5.74, 6) is 0.554. The number of aromatic nitrogens is 3. The van der Waals surface area contributed by atoms with Crippen molar-refractivity contribution in [2.45, 2.75) is 38.3 Å². The average Bonchev–Trinajstić information content (AvgIpc) is 3.15. The fourth-order valence-corrected chi connectivity index (χ4v) is 3.79. The molecule has 0 radical (unpaired) electrons. The highest BCUT2D eigenvalue weighted by molar-refractivity contribution is 7.99. The predicted molar refractivity (Wildman–Crippen MR) is 121 cm³/mol. The number of ether oxygens (including phenoxy) is 1. The van der Waals surface area contributed by atoms with Crippen LogP contribution < -0.4 is 10.1 Å². The smallest absolute Gasteiger partial charge is 0.418 e. The SMILES string of the molecule is C=CCn1c(COc2cccc(C)c2C)nnc1SCC(=O)Nc1ccccc1C(F)(F)F. The Morgan fingerprint density at radius 1 is 1.18 bits per heavy atom. The van der Waals surface area contributed by atoms with Gasteiger partial charge in [-0.15, -0.1) is 16.8 Å². The topological polar surface area (TPSA) is 69.0 Å². The zero-order valence-electron chi connectivity index (χ0n) is 18.1. The lowest BCUT2D eigenvalue weighted by molar-refractivity contribution is -0.137. The van der Waals surface area contributed by atoms with Crippen LogP contribution in [0.15, 0.2) is 60.3 Å². The van der Waals surface area contributed by atoms with E-state index < -0.39 is 17.6 Å². The van der Waals surface area contributed by atoms with Crippen LogP contribution in [-0.2, 0) is 24.1 Å². The number of amides is 1. The van der Waals surface area contributed by atoms with E-state index in [0.717, 1.165) is 34.7 Å². The van der Waals surface area contributed by atoms with E-state index in [4.69, 9.17) is 4.74 Å². The molecule has 10 heteroatoms. The second kappa shape index (κ2) is 10.6. The first kappa shape index (κ1) is 24.4. The molecule has 3 rings (SSSR count). The number of anilines is 1. The van der Waals surface area contributed by atoms with Crippen LogP contribution in [-0.4, -0.2) is 26.4 Å². The number of nitrogens with one attached hydrogen (secondary N) is 1. The van der Waals surface area contributed by atoms with E-state index in [2.05, 4.69) is 22.1 Å². The molecule has 2 aromatic carbocycles. The number of allylic oxidation sites excluding steroid dienone is 1. The van der Waals surface area contributed by atoms with Gasteiger partial charge < -0.3 is 10.1 Å². The van der Waals surface area contributed by atoms with Gasteiger partial charge in [0.25, 0.3) is 0 Å². The van der Waals surface area contributed by atoms with E-state index >= 15 is 0 Å². The number of para-hydroxylation sites is 1. The number of hydrogen-bond acceptors (Lipinski definition) is 5. The number of carbonyl (C=O) groups excluding carboxylic acids is 1. The van der Waals surface area contributed by atoms with Crippen molar-refractivity contribution in [2.24, 2.45) is 0 Å². The molecule has 1 aromatic heterocycles. The van der Waals surface area contributed by atoms with Crippen LogP contribution in [0.5, 0.6) is 5.75 Å². The van der Waals surface area contributed by atoms with E-state index in [-0.39, 0.29) is 18.0 Å². The second-order valence-electron chi connectivity index (χ2n) is 7.16. The molecule has 0 unspecified atom stereocenters.